The lowest BCUT2D eigenvalue weighted by atomic mass is 9.95. The number of halogens is 1. The van der Waals surface area contributed by atoms with Gasteiger partial charge in [-0.15, -0.1) is 0 Å². The minimum atomic E-state index is -1.00. The number of rotatable bonds is 6. The molecule has 1 amide bonds. The summed E-state index contributed by atoms with van der Waals surface area (Å²) in [6.07, 6.45) is 0. The van der Waals surface area contributed by atoms with E-state index in [2.05, 4.69) is 25.9 Å². The minimum absolute atomic E-state index is 0.0871. The average molecular weight is 578 g/mol. The Morgan fingerprint density at radius 3 is 2.34 bits per heavy atom. The van der Waals surface area contributed by atoms with Crippen molar-refractivity contribution < 1.29 is 28.9 Å². The van der Waals surface area contributed by atoms with Crippen LogP contribution >= 0.6 is 15.9 Å². The molecule has 3 aromatic carbocycles. The summed E-state index contributed by atoms with van der Waals surface area (Å²) < 4.78 is 16.7. The normalized spacial score (nSPS) is 16.8. The number of benzene rings is 3. The lowest BCUT2D eigenvalue weighted by Crippen LogP contribution is -2.30. The first-order chi connectivity index (χ1) is 18.3. The van der Waals surface area contributed by atoms with Gasteiger partial charge >= 0.3 is 5.91 Å². The van der Waals surface area contributed by atoms with Crippen molar-refractivity contribution in [2.45, 2.75) is 13.0 Å². The molecule has 1 aromatic heterocycles. The van der Waals surface area contributed by atoms with Gasteiger partial charge < -0.3 is 24.3 Å². The first-order valence-electron chi connectivity index (χ1n) is 11.6. The third kappa shape index (κ3) is 4.16. The minimum Gasteiger partial charge on any atom is -0.507 e. The van der Waals surface area contributed by atoms with Crippen molar-refractivity contribution in [3.05, 3.63) is 81.3 Å². The highest BCUT2D eigenvalue weighted by Crippen LogP contribution is 2.44. The molecule has 0 aliphatic carbocycles. The Kier molecular flexibility index (Phi) is 6.58. The van der Waals surface area contributed by atoms with Crippen LogP contribution in [0.3, 0.4) is 0 Å². The van der Waals surface area contributed by atoms with E-state index < -0.39 is 17.7 Å². The molecule has 1 aliphatic rings. The molecule has 0 bridgehead atoms. The number of carbonyl (C=O) groups excluding carboxylic acids is 2. The van der Waals surface area contributed by atoms with Crippen LogP contribution in [0.15, 0.2) is 64.6 Å². The molecule has 1 saturated heterocycles. The number of aromatic nitrogens is 2. The molecule has 0 radical (unpaired) electrons. The second-order valence-corrected chi connectivity index (χ2v) is 9.57. The first-order valence-corrected chi connectivity index (χ1v) is 12.4. The van der Waals surface area contributed by atoms with Crippen molar-refractivity contribution in [1.29, 1.82) is 0 Å². The fraction of sp³-hybridized carbons (Fsp3) is 0.179. The third-order valence-corrected chi connectivity index (χ3v) is 7.07. The van der Waals surface area contributed by atoms with E-state index >= 15 is 0 Å². The summed E-state index contributed by atoms with van der Waals surface area (Å²) in [7, 11) is 4.54. The zero-order chi connectivity index (χ0) is 27.1. The van der Waals surface area contributed by atoms with Crippen molar-refractivity contribution in [3.63, 3.8) is 0 Å². The summed E-state index contributed by atoms with van der Waals surface area (Å²) in [5, 5.41) is 11.4. The Morgan fingerprint density at radius 1 is 0.947 bits per heavy atom. The van der Waals surface area contributed by atoms with Gasteiger partial charge in [0.05, 0.1) is 48.5 Å². The number of carbonyl (C=O) groups is 2. The van der Waals surface area contributed by atoms with Gasteiger partial charge in [0, 0.05) is 5.56 Å². The molecule has 1 unspecified atom stereocenters. The van der Waals surface area contributed by atoms with Crippen molar-refractivity contribution in [1.82, 2.24) is 9.97 Å². The third-order valence-electron chi connectivity index (χ3n) is 6.45. The molecule has 1 atom stereocenters. The fourth-order valence-corrected chi connectivity index (χ4v) is 5.12. The summed E-state index contributed by atoms with van der Waals surface area (Å²) in [5.74, 6) is -0.380. The zero-order valence-corrected chi connectivity index (χ0v) is 22.6. The van der Waals surface area contributed by atoms with E-state index in [1.165, 1.54) is 26.2 Å². The number of ether oxygens (including phenoxy) is 3. The molecule has 1 aliphatic heterocycles. The molecule has 0 spiro atoms. The topological polar surface area (TPSA) is 114 Å². The Morgan fingerprint density at radius 2 is 1.66 bits per heavy atom. The molecular weight excluding hydrogens is 554 g/mol. The summed E-state index contributed by atoms with van der Waals surface area (Å²) in [6, 6.07) is 14.6. The van der Waals surface area contributed by atoms with Gasteiger partial charge in [0.15, 0.2) is 11.5 Å². The average Bonchev–Trinajstić information content (AvgIpc) is 3.45. The van der Waals surface area contributed by atoms with Gasteiger partial charge in [-0.25, -0.2) is 4.98 Å². The highest BCUT2D eigenvalue weighted by molar-refractivity contribution is 9.10. The maximum absolute atomic E-state index is 13.5. The number of aliphatic hydroxyl groups is 1. The van der Waals surface area contributed by atoms with Crippen LogP contribution in [-0.2, 0) is 9.59 Å². The van der Waals surface area contributed by atoms with Gasteiger partial charge in [-0.05, 0) is 76.4 Å². The van der Waals surface area contributed by atoms with Crippen LogP contribution < -0.4 is 19.1 Å². The maximum atomic E-state index is 13.5. The number of hydrogen-bond donors (Lipinski definition) is 2. The number of Topliss-reactive ketones (excluding diaryl/α,β-unsaturated/α-hetero) is 1. The molecule has 10 heteroatoms. The van der Waals surface area contributed by atoms with E-state index in [-0.39, 0.29) is 17.3 Å². The molecular formula is C28H24BrN3O6. The Balaban J connectivity index is 1.74. The maximum Gasteiger partial charge on any atom is 0.302 e. The number of aryl methyl sites for hydroxylation is 1. The second-order valence-electron chi connectivity index (χ2n) is 8.71. The van der Waals surface area contributed by atoms with E-state index in [0.29, 0.717) is 43.9 Å². The largest absolute Gasteiger partial charge is 0.507 e. The molecule has 0 saturated carbocycles. The number of H-pyrrole nitrogens is 1. The highest BCUT2D eigenvalue weighted by atomic mass is 79.9. The van der Waals surface area contributed by atoms with Gasteiger partial charge in [0.2, 0.25) is 5.95 Å². The SMILES string of the molecule is COc1ccc(/C(O)=C2\C(=O)C(=O)N(c3nc4ccc(C)cc4[nH]3)C2c2ccc(OC)c(OC)c2)cc1Br. The molecule has 4 aromatic rings. The summed E-state index contributed by atoms with van der Waals surface area (Å²) in [4.78, 5) is 36.0. The number of amides is 1. The van der Waals surface area contributed by atoms with Gasteiger partial charge in [0.25, 0.3) is 5.78 Å². The van der Waals surface area contributed by atoms with E-state index in [9.17, 15) is 14.7 Å². The number of nitrogens with one attached hydrogen (secondary N) is 1. The van der Waals surface area contributed by atoms with Gasteiger partial charge in [-0.2, -0.15) is 0 Å². The molecule has 2 N–H and O–H groups in total. The monoisotopic (exact) mass is 577 g/mol. The Hall–Kier alpha value is -4.31. The predicted molar refractivity (Wildman–Crippen MR) is 146 cm³/mol. The predicted octanol–water partition coefficient (Wildman–Crippen LogP) is 5.29. The fourth-order valence-electron chi connectivity index (χ4n) is 4.58. The number of ketones is 1. The zero-order valence-electron chi connectivity index (χ0n) is 21.0. The number of fused-ring (bicyclic) bond motifs is 1. The van der Waals surface area contributed by atoms with Crippen molar-refractivity contribution in [2.75, 3.05) is 26.2 Å². The lowest BCUT2D eigenvalue weighted by molar-refractivity contribution is -0.132. The number of methoxy groups -OCH3 is 3. The quantitative estimate of drug-likeness (QED) is 0.182. The number of nitrogens with zero attached hydrogens (tertiary/aromatic N) is 2. The van der Waals surface area contributed by atoms with Gasteiger partial charge in [-0.1, -0.05) is 12.1 Å². The summed E-state index contributed by atoms with van der Waals surface area (Å²) >= 11 is 3.41. The van der Waals surface area contributed by atoms with Crippen LogP contribution in [0.1, 0.15) is 22.7 Å². The molecule has 1 fully saturated rings. The summed E-state index contributed by atoms with van der Waals surface area (Å²) in [5.41, 5.74) is 3.13. The van der Waals surface area contributed by atoms with Crippen LogP contribution in [0.4, 0.5) is 5.95 Å². The van der Waals surface area contributed by atoms with E-state index in [4.69, 9.17) is 14.2 Å². The van der Waals surface area contributed by atoms with E-state index in [0.717, 1.165) is 5.56 Å². The van der Waals surface area contributed by atoms with Crippen LogP contribution in [-0.4, -0.2) is 48.1 Å². The molecule has 194 valence electrons. The van der Waals surface area contributed by atoms with E-state index in [1.807, 2.05) is 25.1 Å². The first kappa shape index (κ1) is 25.3. The van der Waals surface area contributed by atoms with Crippen molar-refractivity contribution >= 4 is 50.4 Å². The number of imidazole rings is 1. The molecule has 2 heterocycles. The Labute approximate surface area is 226 Å². The van der Waals surface area contributed by atoms with Gasteiger partial charge in [0.1, 0.15) is 11.5 Å². The van der Waals surface area contributed by atoms with E-state index in [1.54, 1.807) is 36.4 Å². The van der Waals surface area contributed by atoms with Crippen molar-refractivity contribution in [2.24, 2.45) is 0 Å². The molecule has 5 rings (SSSR count). The molecule has 38 heavy (non-hydrogen) atoms. The standard InChI is InChI=1S/C28H24BrN3O6/c1-14-5-8-18-19(11-14)31-28(30-18)32-24(15-6-10-21(37-3)22(13-15)38-4)23(26(34)27(32)35)25(33)16-7-9-20(36-2)17(29)12-16/h5-13,24,33H,1-4H3,(H,30,31)/b25-23+. The van der Waals surface area contributed by atoms with Crippen LogP contribution in [0, 0.1) is 6.92 Å². The van der Waals surface area contributed by atoms with Crippen LogP contribution in [0.25, 0.3) is 16.8 Å². The number of aliphatic hydroxyl groups excluding tert-OH is 1. The smallest absolute Gasteiger partial charge is 0.302 e. The number of hydrogen-bond acceptors (Lipinski definition) is 7. The Bertz CT molecular complexity index is 1630. The highest BCUT2D eigenvalue weighted by Gasteiger charge is 2.48. The van der Waals surface area contributed by atoms with Crippen LogP contribution in [0.2, 0.25) is 0 Å². The number of anilines is 1. The van der Waals surface area contributed by atoms with Crippen LogP contribution in [0.5, 0.6) is 17.2 Å². The second kappa shape index (κ2) is 9.86. The number of aromatic amines is 1. The lowest BCUT2D eigenvalue weighted by Gasteiger charge is -2.24. The summed E-state index contributed by atoms with van der Waals surface area (Å²) in [6.45, 7) is 1.95. The molecule has 9 nitrogen and oxygen atoms in total. The van der Waals surface area contributed by atoms with Gasteiger partial charge in [-0.3, -0.25) is 14.5 Å². The van der Waals surface area contributed by atoms with Crippen molar-refractivity contribution in [3.8, 4) is 17.2 Å².